The summed E-state index contributed by atoms with van der Waals surface area (Å²) in [6.45, 7) is 8.07. The van der Waals surface area contributed by atoms with E-state index in [9.17, 15) is 15.3 Å². The van der Waals surface area contributed by atoms with Crippen LogP contribution in [0.1, 0.15) is 56.5 Å². The van der Waals surface area contributed by atoms with Crippen LogP contribution in [0.15, 0.2) is 54.9 Å². The van der Waals surface area contributed by atoms with Crippen LogP contribution in [0.2, 0.25) is 5.02 Å². The average Bonchev–Trinajstić information content (AvgIpc) is 2.83. The molecule has 2 aromatic carbocycles. The van der Waals surface area contributed by atoms with Gasteiger partial charge in [-0.15, -0.1) is 0 Å². The van der Waals surface area contributed by atoms with Gasteiger partial charge in [0, 0.05) is 40.6 Å². The third kappa shape index (κ3) is 5.72. The molecule has 188 valence electrons. The number of benzene rings is 2. The van der Waals surface area contributed by atoms with Crippen molar-refractivity contribution in [1.29, 1.82) is 10.5 Å². The Bertz CT molecular complexity index is 1410. The maximum atomic E-state index is 13.2. The van der Waals surface area contributed by atoms with E-state index in [4.69, 9.17) is 16.3 Å². The lowest BCUT2D eigenvalue weighted by Crippen LogP contribution is -2.67. The number of halogens is 1. The van der Waals surface area contributed by atoms with E-state index in [1.807, 2.05) is 27.7 Å². The molecule has 1 aliphatic heterocycles. The Labute approximate surface area is 221 Å². The molecule has 1 saturated heterocycles. The van der Waals surface area contributed by atoms with Gasteiger partial charge in [-0.05, 0) is 58.0 Å². The van der Waals surface area contributed by atoms with Crippen molar-refractivity contribution in [2.24, 2.45) is 0 Å². The fourth-order valence-corrected chi connectivity index (χ4v) is 5.55. The predicted octanol–water partition coefficient (Wildman–Crippen LogP) is 5.39. The van der Waals surface area contributed by atoms with Crippen molar-refractivity contribution < 1.29 is 9.53 Å². The molecule has 0 atom stereocenters. The van der Waals surface area contributed by atoms with E-state index in [1.54, 1.807) is 48.8 Å². The van der Waals surface area contributed by atoms with E-state index in [0.29, 0.717) is 41.0 Å². The molecule has 8 nitrogen and oxygen atoms in total. The molecule has 0 saturated carbocycles. The lowest BCUT2D eigenvalue weighted by Gasteiger charge is -2.50. The molecule has 1 aromatic heterocycles. The molecule has 0 unspecified atom stereocenters. The van der Waals surface area contributed by atoms with Gasteiger partial charge in [-0.3, -0.25) is 4.79 Å². The van der Waals surface area contributed by atoms with Crippen molar-refractivity contribution in [3.05, 3.63) is 71.0 Å². The molecular weight excluding hydrogens is 488 g/mol. The minimum absolute atomic E-state index is 0.199. The number of hydrogen-bond acceptors (Lipinski definition) is 7. The molecule has 1 amide bonds. The summed E-state index contributed by atoms with van der Waals surface area (Å²) in [7, 11) is 0. The first-order valence-corrected chi connectivity index (χ1v) is 12.1. The molecule has 3 aromatic rings. The molecule has 37 heavy (non-hydrogen) atoms. The van der Waals surface area contributed by atoms with E-state index in [-0.39, 0.29) is 16.1 Å². The number of aromatic nitrogens is 2. The predicted molar refractivity (Wildman–Crippen MR) is 140 cm³/mol. The SMILES string of the molecule is CC1(C)CC(C#N)(NC(=O)c2ccc(Oc3cccc(-c4ccnnc4)c3C#N)c(Cl)c2)CC(C)(C)N1. The van der Waals surface area contributed by atoms with Crippen molar-refractivity contribution in [2.75, 3.05) is 0 Å². The average molecular weight is 515 g/mol. The summed E-state index contributed by atoms with van der Waals surface area (Å²) >= 11 is 6.50. The zero-order chi connectivity index (χ0) is 26.8. The van der Waals surface area contributed by atoms with Gasteiger partial charge >= 0.3 is 0 Å². The summed E-state index contributed by atoms with van der Waals surface area (Å²) in [6, 6.07) is 16.2. The highest BCUT2D eigenvalue weighted by Gasteiger charge is 2.48. The number of hydrogen-bond donors (Lipinski definition) is 2. The van der Waals surface area contributed by atoms with E-state index < -0.39 is 11.4 Å². The first kappa shape index (κ1) is 26.1. The summed E-state index contributed by atoms with van der Waals surface area (Å²) in [5.41, 5.74) is 0.306. The Balaban J connectivity index is 1.58. The minimum Gasteiger partial charge on any atom is -0.454 e. The second-order valence-corrected chi connectivity index (χ2v) is 11.0. The van der Waals surface area contributed by atoms with Crippen molar-refractivity contribution in [3.8, 4) is 34.8 Å². The summed E-state index contributed by atoms with van der Waals surface area (Å²) in [6.07, 6.45) is 4.04. The number of carbonyl (C=O) groups excluding carboxylic acids is 1. The number of nitrogens with zero attached hydrogens (tertiary/aromatic N) is 4. The fraction of sp³-hybridized carbons (Fsp3) is 0.321. The monoisotopic (exact) mass is 514 g/mol. The topological polar surface area (TPSA) is 124 Å². The lowest BCUT2D eigenvalue weighted by atomic mass is 9.71. The van der Waals surface area contributed by atoms with Gasteiger partial charge in [-0.2, -0.15) is 20.7 Å². The molecule has 4 rings (SSSR count). The maximum absolute atomic E-state index is 13.2. The van der Waals surface area contributed by atoms with E-state index in [0.717, 1.165) is 5.56 Å². The summed E-state index contributed by atoms with van der Waals surface area (Å²) in [5.74, 6) is 0.214. The molecule has 2 heterocycles. The van der Waals surface area contributed by atoms with Crippen LogP contribution >= 0.6 is 11.6 Å². The summed E-state index contributed by atoms with van der Waals surface area (Å²) in [4.78, 5) is 13.2. The lowest BCUT2D eigenvalue weighted by molar-refractivity contribution is 0.0782. The zero-order valence-corrected chi connectivity index (χ0v) is 21.8. The van der Waals surface area contributed by atoms with Crippen LogP contribution in [0, 0.1) is 22.7 Å². The Morgan fingerprint density at radius 1 is 1.05 bits per heavy atom. The number of rotatable bonds is 5. The maximum Gasteiger partial charge on any atom is 0.252 e. The Morgan fingerprint density at radius 2 is 1.78 bits per heavy atom. The third-order valence-corrected chi connectivity index (χ3v) is 6.47. The first-order chi connectivity index (χ1) is 17.5. The van der Waals surface area contributed by atoms with Gasteiger partial charge in [0.05, 0.1) is 23.5 Å². The molecule has 0 radical (unpaired) electrons. The van der Waals surface area contributed by atoms with E-state index in [2.05, 4.69) is 33.0 Å². The van der Waals surface area contributed by atoms with Crippen molar-refractivity contribution in [1.82, 2.24) is 20.8 Å². The van der Waals surface area contributed by atoms with E-state index >= 15 is 0 Å². The fourth-order valence-electron chi connectivity index (χ4n) is 5.33. The number of nitrogens with one attached hydrogen (secondary N) is 2. The number of ether oxygens (including phenoxy) is 1. The van der Waals surface area contributed by atoms with Crippen LogP contribution in [0.25, 0.3) is 11.1 Å². The largest absolute Gasteiger partial charge is 0.454 e. The first-order valence-electron chi connectivity index (χ1n) is 11.8. The van der Waals surface area contributed by atoms with Crippen LogP contribution in [-0.4, -0.2) is 32.7 Å². The quantitative estimate of drug-likeness (QED) is 0.467. The van der Waals surface area contributed by atoms with Crippen LogP contribution in [-0.2, 0) is 0 Å². The highest BCUT2D eigenvalue weighted by molar-refractivity contribution is 6.32. The Hall–Kier alpha value is -3.98. The third-order valence-electron chi connectivity index (χ3n) is 6.18. The molecule has 1 aliphatic rings. The van der Waals surface area contributed by atoms with Gasteiger partial charge in [-0.1, -0.05) is 23.7 Å². The van der Waals surface area contributed by atoms with Gasteiger partial charge in [0.15, 0.2) is 0 Å². The zero-order valence-electron chi connectivity index (χ0n) is 21.1. The molecule has 2 N–H and O–H groups in total. The number of piperidine rings is 1. The second-order valence-electron chi connectivity index (χ2n) is 10.6. The van der Waals surface area contributed by atoms with Crippen molar-refractivity contribution in [3.63, 3.8) is 0 Å². The molecule has 1 fully saturated rings. The van der Waals surface area contributed by atoms with Gasteiger partial charge in [0.25, 0.3) is 5.91 Å². The number of carbonyl (C=O) groups is 1. The number of nitriles is 2. The van der Waals surface area contributed by atoms with Crippen LogP contribution < -0.4 is 15.4 Å². The van der Waals surface area contributed by atoms with Gasteiger partial charge in [-0.25, -0.2) is 0 Å². The Kier molecular flexibility index (Phi) is 6.92. The smallest absolute Gasteiger partial charge is 0.252 e. The molecular formula is C28H27ClN6O2. The normalized spacial score (nSPS) is 17.2. The standard InChI is InChI=1S/C28H27ClN6O2/c1-26(2)15-28(17-31,16-27(3,4)35-26)34-25(36)18-8-9-24(22(29)12-18)37-23-7-5-6-20(21(23)13-30)19-10-11-32-33-14-19/h5-12,14,35H,15-16H2,1-4H3,(H,34,36). The second kappa shape index (κ2) is 9.82. The van der Waals surface area contributed by atoms with Crippen LogP contribution in [0.3, 0.4) is 0 Å². The Morgan fingerprint density at radius 3 is 2.38 bits per heavy atom. The van der Waals surface area contributed by atoms with E-state index in [1.165, 1.54) is 6.07 Å². The van der Waals surface area contributed by atoms with Crippen LogP contribution in [0.4, 0.5) is 0 Å². The molecule has 0 bridgehead atoms. The van der Waals surface area contributed by atoms with Gasteiger partial charge in [0.2, 0.25) is 0 Å². The number of amides is 1. The minimum atomic E-state index is -1.03. The highest BCUT2D eigenvalue weighted by Crippen LogP contribution is 2.37. The molecule has 0 spiro atoms. The van der Waals surface area contributed by atoms with Gasteiger partial charge < -0.3 is 15.4 Å². The molecule has 9 heteroatoms. The van der Waals surface area contributed by atoms with Crippen molar-refractivity contribution >= 4 is 17.5 Å². The molecule has 0 aliphatic carbocycles. The highest BCUT2D eigenvalue weighted by atomic mass is 35.5. The summed E-state index contributed by atoms with van der Waals surface area (Å²) in [5, 5.41) is 34.2. The summed E-state index contributed by atoms with van der Waals surface area (Å²) < 4.78 is 5.99. The van der Waals surface area contributed by atoms with Gasteiger partial charge in [0.1, 0.15) is 28.7 Å². The van der Waals surface area contributed by atoms with Crippen molar-refractivity contribution in [2.45, 2.75) is 57.2 Å². The van der Waals surface area contributed by atoms with Crippen LogP contribution in [0.5, 0.6) is 11.5 Å².